The first-order chi connectivity index (χ1) is 15.2. The van der Waals surface area contributed by atoms with E-state index in [1.807, 2.05) is 0 Å². The van der Waals surface area contributed by atoms with Gasteiger partial charge in [0.25, 0.3) is 11.6 Å². The molecule has 0 aliphatic carbocycles. The molecule has 2 heterocycles. The first-order valence-electron chi connectivity index (χ1n) is 9.27. The second-order valence-electron chi connectivity index (χ2n) is 6.88. The molecule has 10 heteroatoms. The molecule has 4 rings (SSSR count). The van der Waals surface area contributed by atoms with Gasteiger partial charge in [-0.15, -0.1) is 0 Å². The Kier molecular flexibility index (Phi) is 5.03. The molecule has 0 radical (unpaired) electrons. The topological polar surface area (TPSA) is 146 Å². The maximum atomic E-state index is 12.9. The summed E-state index contributed by atoms with van der Waals surface area (Å²) >= 11 is 0. The third-order valence-electron chi connectivity index (χ3n) is 4.77. The molecule has 3 aromatic rings. The number of carboxylic acid groups (broad SMARTS) is 1. The van der Waals surface area contributed by atoms with Crippen molar-refractivity contribution in [1.29, 1.82) is 0 Å². The molecule has 1 aliphatic heterocycles. The van der Waals surface area contributed by atoms with Crippen LogP contribution in [-0.4, -0.2) is 32.7 Å². The highest BCUT2D eigenvalue weighted by Gasteiger charge is 2.30. The van der Waals surface area contributed by atoms with E-state index in [1.165, 1.54) is 30.3 Å². The van der Waals surface area contributed by atoms with Crippen molar-refractivity contribution in [2.45, 2.75) is 6.92 Å². The highest BCUT2D eigenvalue weighted by atomic mass is 16.6. The molecule has 0 saturated heterocycles. The number of nitrogens with zero attached hydrogens (tertiary/aromatic N) is 3. The largest absolute Gasteiger partial charge is 0.507 e. The van der Waals surface area contributed by atoms with Crippen molar-refractivity contribution < 1.29 is 29.1 Å². The van der Waals surface area contributed by atoms with Gasteiger partial charge >= 0.3 is 5.97 Å². The van der Waals surface area contributed by atoms with Crippen LogP contribution < -0.4 is 5.01 Å². The van der Waals surface area contributed by atoms with Crippen LogP contribution in [-0.2, 0) is 4.79 Å². The van der Waals surface area contributed by atoms with E-state index < -0.39 is 22.5 Å². The number of rotatable bonds is 5. The number of aromatic carboxylic acids is 1. The van der Waals surface area contributed by atoms with Crippen LogP contribution in [0.2, 0.25) is 0 Å². The van der Waals surface area contributed by atoms with Gasteiger partial charge in [-0.1, -0.05) is 12.1 Å². The van der Waals surface area contributed by atoms with Gasteiger partial charge in [-0.05, 0) is 43.3 Å². The van der Waals surface area contributed by atoms with Crippen LogP contribution in [0, 0.1) is 10.1 Å². The zero-order valence-corrected chi connectivity index (χ0v) is 16.6. The summed E-state index contributed by atoms with van der Waals surface area (Å²) in [5.41, 5.74) is 0.887. The number of hydrogen-bond donors (Lipinski definition) is 2. The molecule has 160 valence electrons. The van der Waals surface area contributed by atoms with Crippen LogP contribution in [0.4, 0.5) is 11.4 Å². The fourth-order valence-corrected chi connectivity index (χ4v) is 3.19. The van der Waals surface area contributed by atoms with Crippen molar-refractivity contribution in [2.75, 3.05) is 5.01 Å². The molecule has 0 fully saturated rings. The van der Waals surface area contributed by atoms with Crippen molar-refractivity contribution in [3.63, 3.8) is 0 Å². The number of furan rings is 1. The van der Waals surface area contributed by atoms with Crippen LogP contribution in [0.3, 0.4) is 0 Å². The maximum Gasteiger partial charge on any atom is 0.339 e. The van der Waals surface area contributed by atoms with Crippen molar-refractivity contribution >= 4 is 35.0 Å². The molecular formula is C22H15N3O7. The predicted octanol–water partition coefficient (Wildman–Crippen LogP) is 4.06. The zero-order chi connectivity index (χ0) is 23.0. The number of hydrazone groups is 1. The fourth-order valence-electron chi connectivity index (χ4n) is 3.19. The van der Waals surface area contributed by atoms with E-state index in [0.717, 1.165) is 11.1 Å². The summed E-state index contributed by atoms with van der Waals surface area (Å²) in [7, 11) is 0. The minimum Gasteiger partial charge on any atom is -0.507 e. The summed E-state index contributed by atoms with van der Waals surface area (Å²) in [4.78, 5) is 34.6. The molecule has 2 N–H and O–H groups in total. The number of carbonyl (C=O) groups is 2. The second kappa shape index (κ2) is 7.84. The summed E-state index contributed by atoms with van der Waals surface area (Å²) in [6.07, 6.45) is 1.49. The first kappa shape index (κ1) is 20.5. The number of nitro benzene ring substituents is 1. The van der Waals surface area contributed by atoms with Gasteiger partial charge in [0.1, 0.15) is 22.8 Å². The van der Waals surface area contributed by atoms with Crippen LogP contribution in [0.15, 0.2) is 69.7 Å². The van der Waals surface area contributed by atoms with Crippen molar-refractivity contribution in [3.8, 4) is 17.1 Å². The van der Waals surface area contributed by atoms with Gasteiger partial charge in [-0.25, -0.2) is 4.79 Å². The van der Waals surface area contributed by atoms with Crippen LogP contribution in [0.5, 0.6) is 5.75 Å². The van der Waals surface area contributed by atoms with Gasteiger partial charge in [0.05, 0.1) is 21.9 Å². The summed E-state index contributed by atoms with van der Waals surface area (Å²) in [6, 6.07) is 12.9. The summed E-state index contributed by atoms with van der Waals surface area (Å²) in [5.74, 6) is -1.53. The van der Waals surface area contributed by atoms with E-state index in [9.17, 15) is 29.9 Å². The van der Waals surface area contributed by atoms with Gasteiger partial charge in [0.2, 0.25) is 0 Å². The molecule has 10 nitrogen and oxygen atoms in total. The maximum absolute atomic E-state index is 12.9. The SMILES string of the molecule is CC1=NN(c2ccc(O)c(C(=O)O)c2)C(=O)/C1=C\c1ccc(-c2cccc([N+](=O)[O-])c2)o1. The lowest BCUT2D eigenvalue weighted by molar-refractivity contribution is -0.384. The minimum absolute atomic E-state index is 0.0713. The number of amides is 1. The predicted molar refractivity (Wildman–Crippen MR) is 114 cm³/mol. The Morgan fingerprint density at radius 2 is 1.97 bits per heavy atom. The Bertz CT molecular complexity index is 1340. The third kappa shape index (κ3) is 3.72. The van der Waals surface area contributed by atoms with E-state index in [1.54, 1.807) is 31.2 Å². The smallest absolute Gasteiger partial charge is 0.339 e. The average Bonchev–Trinajstić information content (AvgIpc) is 3.34. The molecular weight excluding hydrogens is 418 g/mol. The number of carboxylic acids is 1. The number of aromatic hydroxyl groups is 1. The lowest BCUT2D eigenvalue weighted by Gasteiger charge is -2.12. The molecule has 0 atom stereocenters. The molecule has 1 aliphatic rings. The van der Waals surface area contributed by atoms with Gasteiger partial charge in [0, 0.05) is 17.7 Å². The van der Waals surface area contributed by atoms with Crippen LogP contribution in [0.25, 0.3) is 17.4 Å². The fraction of sp³-hybridized carbons (Fsp3) is 0.0455. The molecule has 2 aromatic carbocycles. The minimum atomic E-state index is -1.34. The lowest BCUT2D eigenvalue weighted by atomic mass is 10.1. The Labute approximate surface area is 180 Å². The Morgan fingerprint density at radius 3 is 2.69 bits per heavy atom. The van der Waals surface area contributed by atoms with Gasteiger partial charge in [-0.2, -0.15) is 10.1 Å². The Hall–Kier alpha value is -4.73. The standard InChI is InChI=1S/C22H15N3O7/c1-12-17(21(27)24(23-12)14-5-7-19(26)18(10-14)22(28)29)11-16-6-8-20(32-16)13-3-2-4-15(9-13)25(30)31/h2-11,26H,1H3,(H,28,29)/b17-11-. The van der Waals surface area contributed by atoms with E-state index in [2.05, 4.69) is 5.10 Å². The van der Waals surface area contributed by atoms with E-state index in [-0.39, 0.29) is 22.5 Å². The molecule has 1 aromatic heterocycles. The highest BCUT2D eigenvalue weighted by molar-refractivity contribution is 6.32. The quantitative estimate of drug-likeness (QED) is 0.350. The Balaban J connectivity index is 1.63. The number of phenols is 1. The number of non-ortho nitro benzene ring substituents is 1. The molecule has 0 spiro atoms. The summed E-state index contributed by atoms with van der Waals surface area (Å²) in [6.45, 7) is 1.62. The lowest BCUT2D eigenvalue weighted by Crippen LogP contribution is -2.21. The molecule has 0 bridgehead atoms. The first-order valence-corrected chi connectivity index (χ1v) is 9.27. The van der Waals surface area contributed by atoms with Gasteiger partial charge < -0.3 is 14.6 Å². The normalized spacial score (nSPS) is 14.7. The van der Waals surface area contributed by atoms with Crippen molar-refractivity contribution in [1.82, 2.24) is 0 Å². The molecule has 32 heavy (non-hydrogen) atoms. The number of carbonyl (C=O) groups excluding carboxylic acids is 1. The zero-order valence-electron chi connectivity index (χ0n) is 16.6. The average molecular weight is 433 g/mol. The van der Waals surface area contributed by atoms with E-state index in [0.29, 0.717) is 22.8 Å². The van der Waals surface area contributed by atoms with E-state index in [4.69, 9.17) is 4.42 Å². The number of nitro groups is 1. The van der Waals surface area contributed by atoms with Crippen molar-refractivity contribution in [2.24, 2.45) is 5.10 Å². The molecule has 0 unspecified atom stereocenters. The number of hydrogen-bond acceptors (Lipinski definition) is 7. The Morgan fingerprint density at radius 1 is 1.19 bits per heavy atom. The van der Waals surface area contributed by atoms with Gasteiger partial charge in [0.15, 0.2) is 0 Å². The highest BCUT2D eigenvalue weighted by Crippen LogP contribution is 2.31. The summed E-state index contributed by atoms with van der Waals surface area (Å²) in [5, 5.41) is 35.1. The van der Waals surface area contributed by atoms with Gasteiger partial charge in [-0.3, -0.25) is 14.9 Å². The van der Waals surface area contributed by atoms with E-state index >= 15 is 0 Å². The monoisotopic (exact) mass is 433 g/mol. The number of benzene rings is 2. The molecule has 0 saturated carbocycles. The van der Waals surface area contributed by atoms with Crippen LogP contribution >= 0.6 is 0 Å². The molecule has 1 amide bonds. The second-order valence-corrected chi connectivity index (χ2v) is 6.88. The number of anilines is 1. The van der Waals surface area contributed by atoms with Crippen LogP contribution in [0.1, 0.15) is 23.0 Å². The third-order valence-corrected chi connectivity index (χ3v) is 4.77. The van der Waals surface area contributed by atoms with Crippen molar-refractivity contribution in [3.05, 3.63) is 81.6 Å². The summed E-state index contributed by atoms with van der Waals surface area (Å²) < 4.78 is 5.73.